The fourth-order valence-electron chi connectivity index (χ4n) is 3.96. The topological polar surface area (TPSA) is 45.2 Å². The van der Waals surface area contributed by atoms with E-state index in [-0.39, 0.29) is 11.9 Å². The highest BCUT2D eigenvalue weighted by Gasteiger charge is 2.29. The van der Waals surface area contributed by atoms with Crippen molar-refractivity contribution in [1.82, 2.24) is 9.88 Å². The minimum atomic E-state index is -0.0604. The Morgan fingerprint density at radius 2 is 1.86 bits per heavy atom. The van der Waals surface area contributed by atoms with Crippen LogP contribution in [0.3, 0.4) is 0 Å². The number of thiophene rings is 1. The molecule has 2 aromatic heterocycles. The first-order chi connectivity index (χ1) is 14.3. The second kappa shape index (κ2) is 9.33. The van der Waals surface area contributed by atoms with Crippen LogP contribution >= 0.6 is 11.3 Å². The molecule has 0 spiro atoms. The molecule has 5 heteroatoms. The smallest absolute Gasteiger partial charge is 0.256 e. The minimum Gasteiger partial charge on any atom is -0.313 e. The molecule has 1 aromatic carbocycles. The molecule has 150 valence electrons. The van der Waals surface area contributed by atoms with E-state index in [0.29, 0.717) is 5.56 Å². The summed E-state index contributed by atoms with van der Waals surface area (Å²) in [6.45, 7) is 4.28. The van der Waals surface area contributed by atoms with E-state index in [9.17, 15) is 4.79 Å². The average molecular weight is 406 g/mol. The Bertz CT molecular complexity index is 933. The number of aryl methyl sites for hydroxylation is 1. The number of carbonyl (C=O) groups is 1. The lowest BCUT2D eigenvalue weighted by atomic mass is 9.99. The first-order valence-corrected chi connectivity index (χ1v) is 11.2. The van der Waals surface area contributed by atoms with Crippen molar-refractivity contribution in [3.05, 3.63) is 82.5 Å². The molecule has 4 nitrogen and oxygen atoms in total. The second-order valence-corrected chi connectivity index (χ2v) is 8.56. The fraction of sp³-hybridized carbons (Fsp3) is 0.333. The number of hydrogen-bond acceptors (Lipinski definition) is 4. The van der Waals surface area contributed by atoms with E-state index in [1.54, 1.807) is 11.3 Å². The number of anilines is 1. The molecule has 29 heavy (non-hydrogen) atoms. The second-order valence-electron chi connectivity index (χ2n) is 7.42. The van der Waals surface area contributed by atoms with E-state index in [1.807, 2.05) is 42.6 Å². The molecule has 1 N–H and O–H groups in total. The summed E-state index contributed by atoms with van der Waals surface area (Å²) in [6.07, 6.45) is 6.52. The summed E-state index contributed by atoms with van der Waals surface area (Å²) in [4.78, 5) is 21.4. The molecule has 1 unspecified atom stereocenters. The quantitative estimate of drug-likeness (QED) is 0.586. The Kier molecular flexibility index (Phi) is 6.37. The maximum atomic E-state index is 12.9. The number of carbonyl (C=O) groups excluding carboxylic acids is 1. The number of amides is 1. The van der Waals surface area contributed by atoms with Crippen molar-refractivity contribution >= 4 is 22.2 Å². The molecule has 1 atom stereocenters. The Morgan fingerprint density at radius 1 is 1.10 bits per heavy atom. The molecular weight excluding hydrogens is 378 g/mol. The molecule has 4 rings (SSSR count). The molecule has 0 aliphatic carbocycles. The third-order valence-electron chi connectivity index (χ3n) is 5.44. The van der Waals surface area contributed by atoms with Gasteiger partial charge in [-0.15, -0.1) is 11.3 Å². The molecule has 1 fully saturated rings. The predicted octanol–water partition coefficient (Wildman–Crippen LogP) is 5.53. The van der Waals surface area contributed by atoms with Crippen molar-refractivity contribution in [3.63, 3.8) is 0 Å². The Balaban J connectivity index is 1.72. The van der Waals surface area contributed by atoms with Gasteiger partial charge < -0.3 is 5.32 Å². The number of piperidine rings is 1. The minimum absolute atomic E-state index is 0.0604. The molecule has 1 aliphatic rings. The lowest BCUT2D eigenvalue weighted by Crippen LogP contribution is -2.35. The maximum absolute atomic E-state index is 12.9. The average Bonchev–Trinajstić information content (AvgIpc) is 3.18. The summed E-state index contributed by atoms with van der Waals surface area (Å²) in [5, 5.41) is 4.14. The lowest BCUT2D eigenvalue weighted by Gasteiger charge is -2.34. The van der Waals surface area contributed by atoms with Gasteiger partial charge in [0, 0.05) is 22.2 Å². The predicted molar refractivity (Wildman–Crippen MR) is 120 cm³/mol. The van der Waals surface area contributed by atoms with Crippen LogP contribution in [0.2, 0.25) is 0 Å². The van der Waals surface area contributed by atoms with Crippen molar-refractivity contribution in [1.29, 1.82) is 0 Å². The van der Waals surface area contributed by atoms with Crippen molar-refractivity contribution < 1.29 is 4.79 Å². The van der Waals surface area contributed by atoms with Gasteiger partial charge >= 0.3 is 0 Å². The molecule has 0 saturated carbocycles. The number of nitrogens with one attached hydrogen (secondary N) is 1. The monoisotopic (exact) mass is 405 g/mol. The zero-order valence-corrected chi connectivity index (χ0v) is 17.6. The first kappa shape index (κ1) is 19.8. The van der Waals surface area contributed by atoms with Crippen molar-refractivity contribution in [2.24, 2.45) is 0 Å². The van der Waals surface area contributed by atoms with Gasteiger partial charge in [-0.1, -0.05) is 37.6 Å². The van der Waals surface area contributed by atoms with E-state index < -0.39 is 0 Å². The number of nitrogens with zero attached hydrogens (tertiary/aromatic N) is 2. The number of rotatable bonds is 6. The normalized spacial score (nSPS) is 15.8. The summed E-state index contributed by atoms with van der Waals surface area (Å²) < 4.78 is 0. The number of likely N-dealkylation sites (tertiary alicyclic amines) is 1. The molecule has 1 saturated heterocycles. The summed E-state index contributed by atoms with van der Waals surface area (Å²) in [5.41, 5.74) is 2.89. The van der Waals surface area contributed by atoms with Crippen LogP contribution in [0.1, 0.15) is 58.7 Å². The van der Waals surface area contributed by atoms with Crippen molar-refractivity contribution in [2.45, 2.75) is 38.6 Å². The third-order valence-corrected chi connectivity index (χ3v) is 6.65. The van der Waals surface area contributed by atoms with E-state index in [0.717, 1.165) is 35.8 Å². The SMILES string of the molecule is CCc1cc(C(c2ccccn2)N2CCCCC2)c(NC(=O)c2ccccc2)s1. The van der Waals surface area contributed by atoms with Gasteiger partial charge in [0.2, 0.25) is 0 Å². The van der Waals surface area contributed by atoms with Gasteiger partial charge in [-0.25, -0.2) is 0 Å². The molecule has 1 aliphatic heterocycles. The highest BCUT2D eigenvalue weighted by Crippen LogP contribution is 2.39. The van der Waals surface area contributed by atoms with E-state index in [1.165, 1.54) is 24.1 Å². The van der Waals surface area contributed by atoms with Crippen LogP contribution in [-0.4, -0.2) is 28.9 Å². The van der Waals surface area contributed by atoms with Gasteiger partial charge in [-0.05, 0) is 62.7 Å². The maximum Gasteiger partial charge on any atom is 0.256 e. The number of hydrogen-bond donors (Lipinski definition) is 1. The van der Waals surface area contributed by atoms with Gasteiger partial charge in [-0.2, -0.15) is 0 Å². The van der Waals surface area contributed by atoms with Crippen LogP contribution in [-0.2, 0) is 6.42 Å². The van der Waals surface area contributed by atoms with Gasteiger partial charge in [0.25, 0.3) is 5.91 Å². The highest BCUT2D eigenvalue weighted by atomic mass is 32.1. The van der Waals surface area contributed by atoms with Crippen LogP contribution in [0, 0.1) is 0 Å². The highest BCUT2D eigenvalue weighted by molar-refractivity contribution is 7.16. The number of benzene rings is 1. The zero-order valence-electron chi connectivity index (χ0n) is 16.8. The number of pyridine rings is 1. The summed E-state index contributed by atoms with van der Waals surface area (Å²) in [6, 6.07) is 17.9. The standard InChI is InChI=1S/C24H27N3OS/c1-2-19-17-20(24(29-19)26-23(28)18-11-5-3-6-12-18)22(21-13-7-8-14-25-21)27-15-9-4-10-16-27/h3,5-8,11-14,17,22H,2,4,9-10,15-16H2,1H3,(H,26,28). The Labute approximate surface area is 176 Å². The lowest BCUT2D eigenvalue weighted by molar-refractivity contribution is 0.102. The van der Waals surface area contributed by atoms with Crippen molar-refractivity contribution in [3.8, 4) is 0 Å². The van der Waals surface area contributed by atoms with Crippen LogP contribution in [0.5, 0.6) is 0 Å². The molecule has 0 radical (unpaired) electrons. The summed E-state index contributed by atoms with van der Waals surface area (Å²) >= 11 is 1.68. The van der Waals surface area contributed by atoms with Crippen LogP contribution in [0.15, 0.2) is 60.8 Å². The van der Waals surface area contributed by atoms with Gasteiger partial charge in [0.1, 0.15) is 5.00 Å². The van der Waals surface area contributed by atoms with Crippen LogP contribution in [0.25, 0.3) is 0 Å². The van der Waals surface area contributed by atoms with Gasteiger partial charge in [0.05, 0.1) is 11.7 Å². The molecule has 1 amide bonds. The van der Waals surface area contributed by atoms with Gasteiger partial charge in [-0.3, -0.25) is 14.7 Å². The summed E-state index contributed by atoms with van der Waals surface area (Å²) in [5.74, 6) is -0.0604. The van der Waals surface area contributed by atoms with Crippen molar-refractivity contribution in [2.75, 3.05) is 18.4 Å². The van der Waals surface area contributed by atoms with Gasteiger partial charge in [0.15, 0.2) is 0 Å². The van der Waals surface area contributed by atoms with E-state index >= 15 is 0 Å². The molecule has 0 bridgehead atoms. The first-order valence-electron chi connectivity index (χ1n) is 10.4. The van der Waals surface area contributed by atoms with Crippen LogP contribution in [0.4, 0.5) is 5.00 Å². The van der Waals surface area contributed by atoms with E-state index in [4.69, 9.17) is 4.98 Å². The Morgan fingerprint density at radius 3 is 2.55 bits per heavy atom. The molecule has 3 aromatic rings. The number of aromatic nitrogens is 1. The van der Waals surface area contributed by atoms with E-state index in [2.05, 4.69) is 35.3 Å². The molecular formula is C24H27N3OS. The third kappa shape index (κ3) is 4.57. The van der Waals surface area contributed by atoms with Crippen LogP contribution < -0.4 is 5.32 Å². The largest absolute Gasteiger partial charge is 0.313 e. The molecule has 3 heterocycles. The zero-order chi connectivity index (χ0) is 20.1. The Hall–Kier alpha value is -2.50. The fourth-order valence-corrected chi connectivity index (χ4v) is 4.98. The summed E-state index contributed by atoms with van der Waals surface area (Å²) in [7, 11) is 0.